The van der Waals surface area contributed by atoms with Crippen LogP contribution in [0.1, 0.15) is 18.9 Å². The molecule has 1 fully saturated rings. The number of anilines is 1. The Morgan fingerprint density at radius 2 is 1.93 bits per heavy atom. The number of halogens is 1. The first-order chi connectivity index (χ1) is 14.1. The Balaban J connectivity index is 1.46. The van der Waals surface area contributed by atoms with Gasteiger partial charge >= 0.3 is 0 Å². The van der Waals surface area contributed by atoms with Gasteiger partial charge in [-0.2, -0.15) is 0 Å². The van der Waals surface area contributed by atoms with E-state index in [9.17, 15) is 9.59 Å². The summed E-state index contributed by atoms with van der Waals surface area (Å²) in [5, 5.41) is 0.512. The Hall–Kier alpha value is -2.73. The number of hydrogen-bond acceptors (Lipinski definition) is 4. The Morgan fingerprint density at radius 1 is 1.17 bits per heavy atom. The lowest BCUT2D eigenvalue weighted by Gasteiger charge is -2.25. The molecule has 29 heavy (non-hydrogen) atoms. The van der Waals surface area contributed by atoms with Crippen molar-refractivity contribution in [1.82, 2.24) is 4.90 Å². The van der Waals surface area contributed by atoms with Gasteiger partial charge in [-0.3, -0.25) is 9.59 Å². The minimum atomic E-state index is -0.379. The van der Waals surface area contributed by atoms with Crippen molar-refractivity contribution < 1.29 is 19.1 Å². The minimum Gasteiger partial charge on any atom is -0.486 e. The first kappa shape index (κ1) is 19.6. The summed E-state index contributed by atoms with van der Waals surface area (Å²) >= 11 is 6.24. The first-order valence-corrected chi connectivity index (χ1v) is 10.2. The molecule has 0 radical (unpaired) electrons. The molecular weight excluding hydrogens is 392 g/mol. The molecule has 0 spiro atoms. The molecule has 0 bridgehead atoms. The third-order valence-electron chi connectivity index (χ3n) is 5.29. The molecule has 0 N–H and O–H groups in total. The number of amides is 2. The van der Waals surface area contributed by atoms with Crippen molar-refractivity contribution in [2.24, 2.45) is 5.92 Å². The van der Waals surface area contributed by atoms with Crippen LogP contribution < -0.4 is 14.4 Å². The second-order valence-corrected chi connectivity index (χ2v) is 7.59. The highest BCUT2D eigenvalue weighted by molar-refractivity contribution is 6.33. The van der Waals surface area contributed by atoms with Gasteiger partial charge in [-0.25, -0.2) is 0 Å². The molecule has 0 aromatic heterocycles. The fraction of sp³-hybridized carbons (Fsp3) is 0.364. The van der Waals surface area contributed by atoms with E-state index in [1.54, 1.807) is 21.9 Å². The monoisotopic (exact) mass is 414 g/mol. The van der Waals surface area contributed by atoms with Gasteiger partial charge in [0, 0.05) is 26.1 Å². The maximum Gasteiger partial charge on any atom is 0.228 e. The molecule has 2 aromatic carbocycles. The lowest BCUT2D eigenvalue weighted by molar-refractivity contribution is -0.136. The summed E-state index contributed by atoms with van der Waals surface area (Å²) in [6, 6.07) is 12.9. The topological polar surface area (TPSA) is 59.1 Å². The summed E-state index contributed by atoms with van der Waals surface area (Å²) in [7, 11) is 0. The van der Waals surface area contributed by atoms with Gasteiger partial charge in [-0.15, -0.1) is 0 Å². The molecule has 152 valence electrons. The van der Waals surface area contributed by atoms with Crippen molar-refractivity contribution in [3.05, 3.63) is 53.1 Å². The van der Waals surface area contributed by atoms with E-state index in [1.165, 1.54) is 0 Å². The normalized spacial score (nSPS) is 18.1. The largest absolute Gasteiger partial charge is 0.486 e. The molecule has 2 aliphatic rings. The summed E-state index contributed by atoms with van der Waals surface area (Å²) in [6.07, 6.45) is 0.196. The number of rotatable bonds is 5. The zero-order valence-corrected chi connectivity index (χ0v) is 17.0. The van der Waals surface area contributed by atoms with Crippen LogP contribution in [0.25, 0.3) is 0 Å². The van der Waals surface area contributed by atoms with E-state index in [0.717, 1.165) is 11.3 Å². The quantitative estimate of drug-likeness (QED) is 0.751. The van der Waals surface area contributed by atoms with Crippen LogP contribution in [0.3, 0.4) is 0 Å². The van der Waals surface area contributed by atoms with Crippen LogP contribution >= 0.6 is 11.6 Å². The van der Waals surface area contributed by atoms with Gasteiger partial charge in [0.05, 0.1) is 16.6 Å². The number of carbonyl (C=O) groups is 2. The minimum absolute atomic E-state index is 0.0229. The molecular formula is C22H23ClN2O4. The molecule has 7 heteroatoms. The van der Waals surface area contributed by atoms with Gasteiger partial charge in [0.15, 0.2) is 11.5 Å². The Labute approximate surface area is 174 Å². The Morgan fingerprint density at radius 3 is 2.69 bits per heavy atom. The van der Waals surface area contributed by atoms with Crippen molar-refractivity contribution in [2.45, 2.75) is 19.9 Å². The number of para-hydroxylation sites is 1. The van der Waals surface area contributed by atoms with Crippen LogP contribution in [0.4, 0.5) is 5.69 Å². The summed E-state index contributed by atoms with van der Waals surface area (Å²) in [4.78, 5) is 29.1. The van der Waals surface area contributed by atoms with E-state index >= 15 is 0 Å². The number of carbonyl (C=O) groups excluding carboxylic acids is 2. The average molecular weight is 415 g/mol. The van der Waals surface area contributed by atoms with Gasteiger partial charge in [0.1, 0.15) is 13.2 Å². The standard InChI is InChI=1S/C22H23ClN2O4/c1-2-24(13-15-7-8-19-20(11-15)29-10-9-28-19)22(27)16-12-21(26)25(14-16)18-6-4-3-5-17(18)23/h3-8,11,16H,2,9-10,12-14H2,1H3. The van der Waals surface area contributed by atoms with Crippen molar-refractivity contribution in [1.29, 1.82) is 0 Å². The average Bonchev–Trinajstić information content (AvgIpc) is 3.13. The molecule has 2 aromatic rings. The van der Waals surface area contributed by atoms with Gasteiger partial charge in [0.2, 0.25) is 11.8 Å². The van der Waals surface area contributed by atoms with Gasteiger partial charge in [-0.1, -0.05) is 29.8 Å². The highest BCUT2D eigenvalue weighted by atomic mass is 35.5. The van der Waals surface area contributed by atoms with Gasteiger partial charge in [-0.05, 0) is 36.8 Å². The molecule has 1 unspecified atom stereocenters. The predicted octanol–water partition coefficient (Wildman–Crippen LogP) is 3.51. The fourth-order valence-corrected chi connectivity index (χ4v) is 4.02. The Bertz CT molecular complexity index is 933. The van der Waals surface area contributed by atoms with Crippen LogP contribution in [-0.4, -0.2) is 43.0 Å². The number of fused-ring (bicyclic) bond motifs is 1. The van der Waals surface area contributed by atoms with Crippen molar-refractivity contribution in [3.63, 3.8) is 0 Å². The van der Waals surface area contributed by atoms with E-state index < -0.39 is 0 Å². The summed E-state index contributed by atoms with van der Waals surface area (Å²) in [5.74, 6) is 0.956. The molecule has 2 amide bonds. The highest BCUT2D eigenvalue weighted by Crippen LogP contribution is 2.33. The van der Waals surface area contributed by atoms with Crippen LogP contribution in [-0.2, 0) is 16.1 Å². The van der Waals surface area contributed by atoms with Gasteiger partial charge < -0.3 is 19.3 Å². The maximum absolute atomic E-state index is 13.1. The molecule has 0 saturated carbocycles. The number of nitrogens with zero attached hydrogens (tertiary/aromatic N) is 2. The number of ether oxygens (including phenoxy) is 2. The molecule has 1 atom stereocenters. The molecule has 2 heterocycles. The first-order valence-electron chi connectivity index (χ1n) is 9.79. The molecule has 1 saturated heterocycles. The van der Waals surface area contributed by atoms with Gasteiger partial charge in [0.25, 0.3) is 0 Å². The number of benzene rings is 2. The van der Waals surface area contributed by atoms with Crippen LogP contribution in [0.2, 0.25) is 5.02 Å². The third kappa shape index (κ3) is 4.03. The summed E-state index contributed by atoms with van der Waals surface area (Å²) < 4.78 is 11.2. The molecule has 6 nitrogen and oxygen atoms in total. The summed E-state index contributed by atoms with van der Waals surface area (Å²) in [5.41, 5.74) is 1.63. The van der Waals surface area contributed by atoms with Crippen molar-refractivity contribution in [3.8, 4) is 11.5 Å². The zero-order chi connectivity index (χ0) is 20.4. The SMILES string of the molecule is CCN(Cc1ccc2c(c1)OCCO2)C(=O)C1CC(=O)N(c2ccccc2Cl)C1. The lowest BCUT2D eigenvalue weighted by atomic mass is 10.1. The van der Waals surface area contributed by atoms with E-state index in [2.05, 4.69) is 0 Å². The van der Waals surface area contributed by atoms with Crippen molar-refractivity contribution >= 4 is 29.1 Å². The predicted molar refractivity (Wildman–Crippen MR) is 110 cm³/mol. The van der Waals surface area contributed by atoms with E-state index in [-0.39, 0.29) is 24.2 Å². The van der Waals surface area contributed by atoms with Crippen LogP contribution in [0.15, 0.2) is 42.5 Å². The molecule has 0 aliphatic carbocycles. The summed E-state index contributed by atoms with van der Waals surface area (Å²) in [6.45, 7) is 4.38. The molecule has 2 aliphatic heterocycles. The van der Waals surface area contributed by atoms with Crippen LogP contribution in [0.5, 0.6) is 11.5 Å². The number of hydrogen-bond donors (Lipinski definition) is 0. The Kier molecular flexibility index (Phi) is 5.62. The maximum atomic E-state index is 13.1. The third-order valence-corrected chi connectivity index (χ3v) is 5.61. The smallest absolute Gasteiger partial charge is 0.228 e. The highest BCUT2D eigenvalue weighted by Gasteiger charge is 2.37. The lowest BCUT2D eigenvalue weighted by Crippen LogP contribution is -2.37. The van der Waals surface area contributed by atoms with E-state index in [0.29, 0.717) is 49.3 Å². The fourth-order valence-electron chi connectivity index (χ4n) is 3.79. The van der Waals surface area contributed by atoms with E-state index in [4.69, 9.17) is 21.1 Å². The zero-order valence-electron chi connectivity index (χ0n) is 16.3. The second-order valence-electron chi connectivity index (χ2n) is 7.19. The molecule has 4 rings (SSSR count). The van der Waals surface area contributed by atoms with E-state index in [1.807, 2.05) is 37.3 Å². The van der Waals surface area contributed by atoms with Crippen LogP contribution in [0, 0.1) is 5.92 Å². The van der Waals surface area contributed by atoms with Crippen molar-refractivity contribution in [2.75, 3.05) is 31.2 Å². The second kappa shape index (κ2) is 8.33.